The molecule has 0 aromatic carbocycles. The largest absolute Gasteiger partial charge is 0.444 e. The molecule has 1 aliphatic carbocycles. The van der Waals surface area contributed by atoms with Crippen LogP contribution in [-0.2, 0) is 4.74 Å². The highest BCUT2D eigenvalue weighted by molar-refractivity contribution is 5.68. The molecule has 1 saturated carbocycles. The summed E-state index contributed by atoms with van der Waals surface area (Å²) in [4.78, 5) is 14.2. The van der Waals surface area contributed by atoms with E-state index in [0.29, 0.717) is 6.04 Å². The van der Waals surface area contributed by atoms with Gasteiger partial charge in [-0.3, -0.25) is 0 Å². The first-order valence-electron chi connectivity index (χ1n) is 8.79. The quantitative estimate of drug-likeness (QED) is 0.677. The molecule has 0 heterocycles. The maximum Gasteiger partial charge on any atom is 0.407 e. The Balaban J connectivity index is 2.14. The standard InChI is InChI=1S/C17H35N3O2/c1-6-20(7-2)12-8-11-18-14-9-10-15(13-14)19-16(21)22-17(3,4)5/h14-15,18H,6-13H2,1-5H3,(H,19,21). The number of carbonyl (C=O) groups is 1. The highest BCUT2D eigenvalue weighted by Crippen LogP contribution is 2.19. The van der Waals surface area contributed by atoms with Gasteiger partial charge >= 0.3 is 6.09 Å². The SMILES string of the molecule is CCN(CC)CCCNC1CCC(NC(=O)OC(C)(C)C)C1. The molecule has 1 fully saturated rings. The summed E-state index contributed by atoms with van der Waals surface area (Å²) >= 11 is 0. The number of hydrogen-bond donors (Lipinski definition) is 2. The fourth-order valence-corrected chi connectivity index (χ4v) is 2.92. The van der Waals surface area contributed by atoms with Gasteiger partial charge in [0, 0.05) is 12.1 Å². The maximum atomic E-state index is 11.8. The first-order valence-corrected chi connectivity index (χ1v) is 8.79. The highest BCUT2D eigenvalue weighted by Gasteiger charge is 2.27. The van der Waals surface area contributed by atoms with E-state index in [0.717, 1.165) is 45.4 Å². The molecular formula is C17H35N3O2. The van der Waals surface area contributed by atoms with Crippen molar-refractivity contribution in [2.75, 3.05) is 26.2 Å². The Kier molecular flexibility index (Phi) is 8.18. The zero-order valence-electron chi connectivity index (χ0n) is 15.1. The van der Waals surface area contributed by atoms with Crippen LogP contribution < -0.4 is 10.6 Å². The lowest BCUT2D eigenvalue weighted by Gasteiger charge is -2.22. The van der Waals surface area contributed by atoms with E-state index in [1.807, 2.05) is 20.8 Å². The predicted octanol–water partition coefficient (Wildman–Crippen LogP) is 2.75. The van der Waals surface area contributed by atoms with Crippen molar-refractivity contribution >= 4 is 6.09 Å². The minimum absolute atomic E-state index is 0.245. The van der Waals surface area contributed by atoms with E-state index < -0.39 is 5.60 Å². The van der Waals surface area contributed by atoms with Gasteiger partial charge in [0.1, 0.15) is 5.60 Å². The van der Waals surface area contributed by atoms with Crippen LogP contribution in [-0.4, -0.2) is 54.9 Å². The van der Waals surface area contributed by atoms with Gasteiger partial charge in [0.05, 0.1) is 0 Å². The minimum atomic E-state index is -0.426. The van der Waals surface area contributed by atoms with Crippen molar-refractivity contribution in [3.63, 3.8) is 0 Å². The van der Waals surface area contributed by atoms with Crippen molar-refractivity contribution in [2.24, 2.45) is 0 Å². The molecule has 130 valence electrons. The lowest BCUT2D eigenvalue weighted by atomic mass is 10.2. The molecular weight excluding hydrogens is 278 g/mol. The summed E-state index contributed by atoms with van der Waals surface area (Å²) in [6.07, 6.45) is 4.06. The monoisotopic (exact) mass is 313 g/mol. The van der Waals surface area contributed by atoms with E-state index in [9.17, 15) is 4.79 Å². The topological polar surface area (TPSA) is 53.6 Å². The van der Waals surface area contributed by atoms with E-state index in [4.69, 9.17) is 4.74 Å². The lowest BCUT2D eigenvalue weighted by molar-refractivity contribution is 0.0505. The van der Waals surface area contributed by atoms with E-state index in [1.54, 1.807) is 0 Å². The van der Waals surface area contributed by atoms with Crippen LogP contribution in [0.4, 0.5) is 4.79 Å². The molecule has 0 radical (unpaired) electrons. The Morgan fingerprint density at radius 1 is 1.18 bits per heavy atom. The number of carbonyl (C=O) groups excluding carboxylic acids is 1. The molecule has 22 heavy (non-hydrogen) atoms. The van der Waals surface area contributed by atoms with Crippen LogP contribution in [0.1, 0.15) is 60.3 Å². The highest BCUT2D eigenvalue weighted by atomic mass is 16.6. The van der Waals surface area contributed by atoms with Crippen LogP contribution in [0.3, 0.4) is 0 Å². The molecule has 5 heteroatoms. The number of nitrogens with zero attached hydrogens (tertiary/aromatic N) is 1. The van der Waals surface area contributed by atoms with Gasteiger partial charge in [-0.15, -0.1) is 0 Å². The molecule has 1 rings (SSSR count). The number of amides is 1. The summed E-state index contributed by atoms with van der Waals surface area (Å²) in [7, 11) is 0. The molecule has 0 aromatic rings. The normalized spacial score (nSPS) is 22.1. The molecule has 2 unspecified atom stereocenters. The van der Waals surface area contributed by atoms with Gasteiger partial charge in [0.25, 0.3) is 0 Å². The molecule has 0 saturated heterocycles. The number of ether oxygens (including phenoxy) is 1. The second-order valence-electron chi connectivity index (χ2n) is 7.19. The molecule has 1 aliphatic rings. The fourth-order valence-electron chi connectivity index (χ4n) is 2.92. The van der Waals surface area contributed by atoms with E-state index in [2.05, 4.69) is 29.4 Å². The average molecular weight is 313 g/mol. The first kappa shape index (κ1) is 19.2. The Morgan fingerprint density at radius 2 is 1.82 bits per heavy atom. The molecule has 0 bridgehead atoms. The molecule has 5 nitrogen and oxygen atoms in total. The zero-order chi connectivity index (χ0) is 16.6. The Labute approximate surface area is 136 Å². The summed E-state index contributed by atoms with van der Waals surface area (Å²) < 4.78 is 5.31. The van der Waals surface area contributed by atoms with Gasteiger partial charge in [0.15, 0.2) is 0 Å². The molecule has 0 aromatic heterocycles. The van der Waals surface area contributed by atoms with Gasteiger partial charge in [0.2, 0.25) is 0 Å². The summed E-state index contributed by atoms with van der Waals surface area (Å²) in [6.45, 7) is 14.6. The van der Waals surface area contributed by atoms with Crippen LogP contribution in [0.25, 0.3) is 0 Å². The molecule has 1 amide bonds. The smallest absolute Gasteiger partial charge is 0.407 e. The van der Waals surface area contributed by atoms with Crippen LogP contribution in [0.5, 0.6) is 0 Å². The van der Waals surface area contributed by atoms with E-state index in [1.165, 1.54) is 6.42 Å². The number of rotatable bonds is 8. The minimum Gasteiger partial charge on any atom is -0.444 e. The fraction of sp³-hybridized carbons (Fsp3) is 0.941. The van der Waals surface area contributed by atoms with Gasteiger partial charge in [-0.05, 0) is 72.6 Å². The predicted molar refractivity (Wildman–Crippen MR) is 91.2 cm³/mol. The Hall–Kier alpha value is -0.810. The zero-order valence-corrected chi connectivity index (χ0v) is 15.1. The average Bonchev–Trinajstić information content (AvgIpc) is 2.84. The van der Waals surface area contributed by atoms with E-state index >= 15 is 0 Å². The van der Waals surface area contributed by atoms with Crippen molar-refractivity contribution < 1.29 is 9.53 Å². The first-order chi connectivity index (χ1) is 10.3. The molecule has 2 N–H and O–H groups in total. The van der Waals surface area contributed by atoms with Crippen molar-refractivity contribution in [3.8, 4) is 0 Å². The molecule has 0 aliphatic heterocycles. The van der Waals surface area contributed by atoms with Gasteiger partial charge in [-0.1, -0.05) is 13.8 Å². The Bertz CT molecular complexity index is 324. The maximum absolute atomic E-state index is 11.8. The van der Waals surface area contributed by atoms with Crippen LogP contribution in [0.2, 0.25) is 0 Å². The van der Waals surface area contributed by atoms with Crippen molar-refractivity contribution in [2.45, 2.75) is 78.0 Å². The summed E-state index contributed by atoms with van der Waals surface area (Å²) in [5.41, 5.74) is -0.426. The summed E-state index contributed by atoms with van der Waals surface area (Å²) in [5.74, 6) is 0. The summed E-state index contributed by atoms with van der Waals surface area (Å²) in [6, 6.07) is 0.770. The van der Waals surface area contributed by atoms with E-state index in [-0.39, 0.29) is 12.1 Å². The van der Waals surface area contributed by atoms with Crippen LogP contribution >= 0.6 is 0 Å². The Morgan fingerprint density at radius 3 is 2.41 bits per heavy atom. The van der Waals surface area contributed by atoms with Gasteiger partial charge < -0.3 is 20.3 Å². The molecule has 0 spiro atoms. The van der Waals surface area contributed by atoms with Crippen LogP contribution in [0.15, 0.2) is 0 Å². The third kappa shape index (κ3) is 7.99. The van der Waals surface area contributed by atoms with Crippen molar-refractivity contribution in [3.05, 3.63) is 0 Å². The van der Waals surface area contributed by atoms with Crippen molar-refractivity contribution in [1.82, 2.24) is 15.5 Å². The summed E-state index contributed by atoms with van der Waals surface area (Å²) in [5, 5.41) is 6.60. The second-order valence-corrected chi connectivity index (χ2v) is 7.19. The lowest BCUT2D eigenvalue weighted by Crippen LogP contribution is -2.39. The van der Waals surface area contributed by atoms with Gasteiger partial charge in [-0.25, -0.2) is 4.79 Å². The molecule has 2 atom stereocenters. The third-order valence-electron chi connectivity index (χ3n) is 4.13. The third-order valence-corrected chi connectivity index (χ3v) is 4.13. The van der Waals surface area contributed by atoms with Gasteiger partial charge in [-0.2, -0.15) is 0 Å². The second kappa shape index (κ2) is 9.36. The number of hydrogen-bond acceptors (Lipinski definition) is 4. The number of alkyl carbamates (subject to hydrolysis) is 1. The van der Waals surface area contributed by atoms with Crippen LogP contribution in [0, 0.1) is 0 Å². The van der Waals surface area contributed by atoms with Crippen molar-refractivity contribution in [1.29, 1.82) is 0 Å². The number of nitrogens with one attached hydrogen (secondary N) is 2.